The zero-order valence-electron chi connectivity index (χ0n) is 62.5. The first-order chi connectivity index (χ1) is 51.0. The minimum absolute atomic E-state index is 0.000926. The molecule has 0 saturated heterocycles. The molecule has 0 aromatic heterocycles. The first-order valence-corrected chi connectivity index (χ1v) is 50.8. The molecule has 8 rings (SSSR count). The van der Waals surface area contributed by atoms with Gasteiger partial charge in [-0.15, -0.1) is 0 Å². The molecule has 0 amide bonds. The Bertz CT molecular complexity index is 3260. The van der Waals surface area contributed by atoms with Crippen molar-refractivity contribution in [1.29, 1.82) is 0 Å². The molecule has 556 valence electrons. The average Bonchev–Trinajstić information content (AvgIpc) is 1.61. The van der Waals surface area contributed by atoms with Gasteiger partial charge < -0.3 is 0 Å². The zero-order chi connectivity index (χ0) is 73.1. The van der Waals surface area contributed by atoms with E-state index in [1.54, 1.807) is 0 Å². The molecule has 0 bridgehead atoms. The van der Waals surface area contributed by atoms with Crippen molar-refractivity contribution in [2.75, 3.05) is 0 Å². The quantitative estimate of drug-likeness (QED) is 0.0202. The summed E-state index contributed by atoms with van der Waals surface area (Å²) in [6, 6.07) is 55.9. The van der Waals surface area contributed by atoms with Crippen LogP contribution in [0.2, 0.25) is 8.87 Å². The molecule has 14 heteroatoms. The van der Waals surface area contributed by atoms with Crippen LogP contribution in [0.25, 0.3) is 0 Å². The van der Waals surface area contributed by atoms with Gasteiger partial charge in [0.05, 0.1) is 0 Å². The van der Waals surface area contributed by atoms with Crippen molar-refractivity contribution in [2.45, 2.75) is 267 Å². The van der Waals surface area contributed by atoms with Crippen LogP contribution in [-0.2, 0) is 85.7 Å². The van der Waals surface area contributed by atoms with Crippen LogP contribution in [0.3, 0.4) is 0 Å². The van der Waals surface area contributed by atoms with Crippen molar-refractivity contribution < 1.29 is 47.2 Å². The summed E-state index contributed by atoms with van der Waals surface area (Å²) in [5, 5.41) is 0. The second-order valence-electron chi connectivity index (χ2n) is 28.7. The number of hydrogen-bond donors (Lipinski definition) is 0. The molecule has 2 aliphatic rings. The predicted octanol–water partition coefficient (Wildman–Crippen LogP) is 22.0. The van der Waals surface area contributed by atoms with E-state index in [-0.39, 0.29) is 80.8 Å². The molecule has 0 aliphatic carbocycles. The molecular formula is C90H116O12Sn2. The molecule has 104 heavy (non-hydrogen) atoms. The van der Waals surface area contributed by atoms with E-state index in [1.165, 1.54) is 128 Å². The van der Waals surface area contributed by atoms with Gasteiger partial charge in [0.1, 0.15) is 0 Å². The van der Waals surface area contributed by atoms with Gasteiger partial charge in [0.25, 0.3) is 0 Å². The van der Waals surface area contributed by atoms with Gasteiger partial charge in [0.15, 0.2) is 0 Å². The van der Waals surface area contributed by atoms with Gasteiger partial charge in [0, 0.05) is 0 Å². The third-order valence-corrected chi connectivity index (χ3v) is 34.1. The fourth-order valence-electron chi connectivity index (χ4n) is 14.0. The van der Waals surface area contributed by atoms with E-state index in [4.69, 9.17) is 18.4 Å². The molecule has 0 fully saturated rings. The van der Waals surface area contributed by atoms with Crippen molar-refractivity contribution in [3.63, 3.8) is 0 Å². The standard InChI is InChI=1S/3C18H16O4.2C18H37.2Sn/c3*19-17(20)15(11-13-7-3-1-4-8-13)16(18(21)22)12-14-9-5-2-6-10-14;2*1-3-5-7-9-11-13-15-17-18-16-14-12-10-8-6-4-2;;/h3*1-10H,11-12H2,(H,19,20)(H,21,22);2*1,3-18H2,2H3;;/q;;;;;2*+3/p-6/b16-15-;;;;;;. The van der Waals surface area contributed by atoms with E-state index in [1.807, 2.05) is 182 Å². The Labute approximate surface area is 633 Å². The molecule has 0 unspecified atom stereocenters. The Balaban J connectivity index is 1.11. The second kappa shape index (κ2) is 47.5. The number of carbonyl (C=O) groups excluding carboxylic acids is 6. The summed E-state index contributed by atoms with van der Waals surface area (Å²) in [5.41, 5.74) is 4.51. The molecule has 0 N–H and O–H groups in total. The van der Waals surface area contributed by atoms with Gasteiger partial charge in [-0.2, -0.15) is 0 Å². The maximum atomic E-state index is 16.2. The summed E-state index contributed by atoms with van der Waals surface area (Å²) < 4.78 is 40.3. The van der Waals surface area contributed by atoms with Gasteiger partial charge >= 0.3 is 560 Å². The molecule has 6 aromatic rings. The number of unbranched alkanes of at least 4 members (excludes halogenated alkanes) is 30. The fourth-order valence-corrected chi connectivity index (χ4v) is 27.3. The van der Waals surface area contributed by atoms with E-state index in [0.29, 0.717) is 36.8 Å². The third kappa shape index (κ3) is 29.4. The topological polar surface area (TPSA) is 158 Å². The first-order valence-electron chi connectivity index (χ1n) is 39.8. The third-order valence-electron chi connectivity index (χ3n) is 20.1. The number of carbonyl (C=O) groups is 6. The van der Waals surface area contributed by atoms with Crippen LogP contribution in [-0.4, -0.2) is 75.1 Å². The molecular weight excluding hydrogens is 1510 g/mol. The van der Waals surface area contributed by atoms with Crippen LogP contribution in [0.1, 0.15) is 253 Å². The van der Waals surface area contributed by atoms with Gasteiger partial charge in [-0.05, 0) is 0 Å². The summed E-state index contributed by atoms with van der Waals surface area (Å²) >= 11 is -11.9. The Kier molecular flexibility index (Phi) is 37.7. The summed E-state index contributed by atoms with van der Waals surface area (Å²) in [6.07, 6.45) is 36.1. The Morgan fingerprint density at radius 2 is 0.442 bits per heavy atom. The number of hydrogen-bond acceptors (Lipinski definition) is 12. The van der Waals surface area contributed by atoms with Crippen LogP contribution >= 0.6 is 0 Å². The molecule has 0 spiro atoms. The summed E-state index contributed by atoms with van der Waals surface area (Å²) in [5.74, 6) is -5.21. The minimum atomic E-state index is -5.95. The van der Waals surface area contributed by atoms with E-state index < -0.39 is 75.1 Å². The van der Waals surface area contributed by atoms with Crippen molar-refractivity contribution in [2.24, 2.45) is 0 Å². The molecule has 0 saturated carbocycles. The van der Waals surface area contributed by atoms with Gasteiger partial charge in [-0.3, -0.25) is 0 Å². The van der Waals surface area contributed by atoms with E-state index in [9.17, 15) is 0 Å². The summed E-state index contributed by atoms with van der Waals surface area (Å²) in [7, 11) is 0. The number of rotatable bonds is 50. The van der Waals surface area contributed by atoms with Crippen molar-refractivity contribution >= 4 is 75.1 Å². The molecule has 0 radical (unpaired) electrons. The normalized spacial score (nSPS) is 14.6. The molecule has 6 aromatic carbocycles. The van der Waals surface area contributed by atoms with Crippen LogP contribution in [0.4, 0.5) is 0 Å². The second-order valence-corrected chi connectivity index (χ2v) is 42.8. The molecule has 0 atom stereocenters. The van der Waals surface area contributed by atoms with Gasteiger partial charge in [-0.1, -0.05) is 78.1 Å². The van der Waals surface area contributed by atoms with Crippen molar-refractivity contribution in [3.8, 4) is 0 Å². The first kappa shape index (κ1) is 82.6. The van der Waals surface area contributed by atoms with Crippen molar-refractivity contribution in [3.05, 3.63) is 249 Å². The fraction of sp³-hybridized carbons (Fsp3) is 0.467. The van der Waals surface area contributed by atoms with Crippen LogP contribution in [0.5, 0.6) is 0 Å². The monoisotopic (exact) mass is 1630 g/mol. The zero-order valence-corrected chi connectivity index (χ0v) is 68.2. The van der Waals surface area contributed by atoms with Crippen molar-refractivity contribution in [1.82, 2.24) is 0 Å². The van der Waals surface area contributed by atoms with E-state index >= 15 is 28.8 Å². The summed E-state index contributed by atoms with van der Waals surface area (Å²) in [4.78, 5) is 93.6. The Hall–Kier alpha value is -7.04. The Morgan fingerprint density at radius 1 is 0.260 bits per heavy atom. The Morgan fingerprint density at radius 3 is 0.644 bits per heavy atom. The van der Waals surface area contributed by atoms with Gasteiger partial charge in [-0.25, -0.2) is 0 Å². The van der Waals surface area contributed by atoms with Crippen LogP contribution < -0.4 is 0 Å². The molecule has 2 heterocycles. The number of benzene rings is 6. The molecule has 2 aliphatic heterocycles. The van der Waals surface area contributed by atoms with E-state index in [2.05, 4.69) is 13.8 Å². The van der Waals surface area contributed by atoms with Crippen LogP contribution in [0, 0.1) is 0 Å². The van der Waals surface area contributed by atoms with Crippen LogP contribution in [0.15, 0.2) is 215 Å². The maximum absolute atomic E-state index is 16.2. The van der Waals surface area contributed by atoms with E-state index in [0.717, 1.165) is 73.6 Å². The molecule has 12 nitrogen and oxygen atoms in total. The average molecular weight is 1630 g/mol. The SMILES string of the molecule is CCCCCCCCCCCCCCCCC[CH2][Sn]1([O]C(=O)/C(Cc2ccccc2)=C(/Cc2ccccc2)C(=O)[O][Sn]2([CH2]CCCCCCCCCCCCCCCCC)[O]C(=O)C(Cc3ccccc3)=C(Cc3ccccc3)C(=O)[O]2)[O]C(=O)C(Cc2ccccc2)=C(Cc2ccccc2)C(=O)[O]1. The van der Waals surface area contributed by atoms with Gasteiger partial charge in [0.2, 0.25) is 0 Å². The summed E-state index contributed by atoms with van der Waals surface area (Å²) in [6.45, 7) is 4.51. The predicted molar refractivity (Wildman–Crippen MR) is 419 cm³/mol.